The Balaban J connectivity index is 2.02. The Kier molecular flexibility index (Phi) is 3.22. The maximum Gasteiger partial charge on any atom is 0.222 e. The summed E-state index contributed by atoms with van der Waals surface area (Å²) in [5.74, 6) is -0.170. The molecule has 0 saturated carbocycles. The largest absolute Gasteiger partial charge is 0.369 e. The van der Waals surface area contributed by atoms with Crippen molar-refractivity contribution in [2.75, 3.05) is 18.0 Å². The number of carbonyl (C=O) groups excluding carboxylic acids is 1. The molecule has 1 fully saturated rings. The molecule has 1 amide bonds. The highest BCUT2D eigenvalue weighted by Gasteiger charge is 2.26. The van der Waals surface area contributed by atoms with Crippen molar-refractivity contribution in [3.8, 4) is 0 Å². The van der Waals surface area contributed by atoms with Gasteiger partial charge in [0.2, 0.25) is 5.91 Å². The summed E-state index contributed by atoms with van der Waals surface area (Å²) < 4.78 is 13.8. The van der Waals surface area contributed by atoms with E-state index in [0.29, 0.717) is 23.3 Å². The lowest BCUT2D eigenvalue weighted by Gasteiger charge is -2.32. The van der Waals surface area contributed by atoms with Crippen LogP contribution < -0.4 is 10.6 Å². The van der Waals surface area contributed by atoms with Crippen molar-refractivity contribution in [1.82, 2.24) is 9.97 Å². The van der Waals surface area contributed by atoms with Crippen LogP contribution in [0.5, 0.6) is 0 Å². The van der Waals surface area contributed by atoms with Crippen molar-refractivity contribution >= 4 is 22.6 Å². The van der Waals surface area contributed by atoms with Crippen molar-refractivity contribution in [3.63, 3.8) is 0 Å². The molecule has 0 radical (unpaired) electrons. The molecule has 1 aromatic carbocycles. The molecular formula is C14H15FN4O. The van der Waals surface area contributed by atoms with Gasteiger partial charge in [0.1, 0.15) is 23.5 Å². The van der Waals surface area contributed by atoms with Gasteiger partial charge in [-0.05, 0) is 25.0 Å². The summed E-state index contributed by atoms with van der Waals surface area (Å²) in [6.07, 6.45) is 3.02. The summed E-state index contributed by atoms with van der Waals surface area (Å²) in [5, 5.41) is 0.664. The molecule has 2 aromatic rings. The fourth-order valence-electron chi connectivity index (χ4n) is 2.69. The molecule has 2 N–H and O–H groups in total. The average Bonchev–Trinajstić information content (AvgIpc) is 2.47. The topological polar surface area (TPSA) is 72.1 Å². The summed E-state index contributed by atoms with van der Waals surface area (Å²) >= 11 is 0. The van der Waals surface area contributed by atoms with E-state index in [1.807, 2.05) is 4.90 Å². The lowest BCUT2D eigenvalue weighted by atomic mass is 9.97. The zero-order chi connectivity index (χ0) is 14.1. The number of rotatable bonds is 2. The maximum atomic E-state index is 13.8. The lowest BCUT2D eigenvalue weighted by molar-refractivity contribution is -0.122. The molecule has 1 atom stereocenters. The first-order valence-electron chi connectivity index (χ1n) is 6.60. The SMILES string of the molecule is NC(=O)C1CCCN(c2ncnc3c(F)cccc23)C1. The van der Waals surface area contributed by atoms with Gasteiger partial charge < -0.3 is 10.6 Å². The number of primary amides is 1. The minimum absolute atomic E-state index is 0.178. The number of aromatic nitrogens is 2. The maximum absolute atomic E-state index is 13.8. The number of fused-ring (bicyclic) bond motifs is 1. The van der Waals surface area contributed by atoms with E-state index in [0.717, 1.165) is 19.4 Å². The van der Waals surface area contributed by atoms with Gasteiger partial charge in [0.05, 0.1) is 5.92 Å². The summed E-state index contributed by atoms with van der Waals surface area (Å²) in [4.78, 5) is 21.6. The Morgan fingerprint density at radius 3 is 3.05 bits per heavy atom. The van der Waals surface area contributed by atoms with E-state index >= 15 is 0 Å². The van der Waals surface area contributed by atoms with E-state index in [9.17, 15) is 9.18 Å². The number of halogens is 1. The first-order chi connectivity index (χ1) is 9.66. The highest BCUT2D eigenvalue weighted by Crippen LogP contribution is 2.28. The molecule has 1 saturated heterocycles. The molecule has 0 aliphatic carbocycles. The van der Waals surface area contributed by atoms with Gasteiger partial charge in [0.15, 0.2) is 0 Å². The Hall–Kier alpha value is -2.24. The lowest BCUT2D eigenvalue weighted by Crippen LogP contribution is -2.41. The van der Waals surface area contributed by atoms with Gasteiger partial charge in [0.25, 0.3) is 0 Å². The summed E-state index contributed by atoms with van der Waals surface area (Å²) in [6.45, 7) is 1.31. The van der Waals surface area contributed by atoms with Crippen LogP contribution in [0.3, 0.4) is 0 Å². The number of benzene rings is 1. The van der Waals surface area contributed by atoms with Crippen LogP contribution >= 0.6 is 0 Å². The predicted molar refractivity (Wildman–Crippen MR) is 73.6 cm³/mol. The third-order valence-electron chi connectivity index (χ3n) is 3.72. The second kappa shape index (κ2) is 5.03. The molecule has 2 heterocycles. The fourth-order valence-corrected chi connectivity index (χ4v) is 2.69. The van der Waals surface area contributed by atoms with Crippen LogP contribution in [-0.4, -0.2) is 29.0 Å². The third kappa shape index (κ3) is 2.17. The molecule has 1 unspecified atom stereocenters. The van der Waals surface area contributed by atoms with E-state index in [1.165, 1.54) is 12.4 Å². The molecule has 6 heteroatoms. The van der Waals surface area contributed by atoms with Gasteiger partial charge in [-0.15, -0.1) is 0 Å². The minimum Gasteiger partial charge on any atom is -0.369 e. The molecule has 104 valence electrons. The van der Waals surface area contributed by atoms with Crippen molar-refractivity contribution < 1.29 is 9.18 Å². The molecule has 3 rings (SSSR count). The fraction of sp³-hybridized carbons (Fsp3) is 0.357. The summed E-state index contributed by atoms with van der Waals surface area (Å²) in [6, 6.07) is 4.81. The Labute approximate surface area is 115 Å². The van der Waals surface area contributed by atoms with Crippen LogP contribution in [0.4, 0.5) is 10.2 Å². The van der Waals surface area contributed by atoms with Crippen LogP contribution in [0.15, 0.2) is 24.5 Å². The smallest absolute Gasteiger partial charge is 0.222 e. The number of para-hydroxylation sites is 1. The van der Waals surface area contributed by atoms with Crippen molar-refractivity contribution in [2.45, 2.75) is 12.8 Å². The number of amides is 1. The van der Waals surface area contributed by atoms with Crippen molar-refractivity contribution in [2.24, 2.45) is 11.7 Å². The van der Waals surface area contributed by atoms with Gasteiger partial charge in [-0.25, -0.2) is 14.4 Å². The van der Waals surface area contributed by atoms with Crippen LogP contribution in [-0.2, 0) is 4.79 Å². The van der Waals surface area contributed by atoms with E-state index in [1.54, 1.807) is 12.1 Å². The highest BCUT2D eigenvalue weighted by molar-refractivity contribution is 5.90. The number of piperidine rings is 1. The van der Waals surface area contributed by atoms with Gasteiger partial charge >= 0.3 is 0 Å². The molecule has 0 bridgehead atoms. The number of hydrogen-bond donors (Lipinski definition) is 1. The number of nitrogens with two attached hydrogens (primary N) is 1. The Morgan fingerprint density at radius 2 is 2.25 bits per heavy atom. The Morgan fingerprint density at radius 1 is 1.40 bits per heavy atom. The number of carbonyl (C=O) groups is 1. The summed E-state index contributed by atoms with van der Waals surface area (Å²) in [7, 11) is 0. The monoisotopic (exact) mass is 274 g/mol. The van der Waals surface area contributed by atoms with E-state index in [2.05, 4.69) is 9.97 Å². The Bertz CT molecular complexity index is 661. The second-order valence-corrected chi connectivity index (χ2v) is 5.02. The van der Waals surface area contributed by atoms with Crippen LogP contribution in [0, 0.1) is 11.7 Å². The zero-order valence-electron chi connectivity index (χ0n) is 10.9. The van der Waals surface area contributed by atoms with E-state index in [-0.39, 0.29) is 17.6 Å². The van der Waals surface area contributed by atoms with E-state index in [4.69, 9.17) is 5.73 Å². The number of hydrogen-bond acceptors (Lipinski definition) is 4. The molecule has 0 spiro atoms. The minimum atomic E-state index is -0.366. The van der Waals surface area contributed by atoms with Gasteiger partial charge in [-0.1, -0.05) is 6.07 Å². The second-order valence-electron chi connectivity index (χ2n) is 5.02. The number of anilines is 1. The standard InChI is InChI=1S/C14H15FN4O/c15-11-5-1-4-10-12(11)17-8-18-14(10)19-6-2-3-9(7-19)13(16)20/h1,4-5,8-9H,2-3,6-7H2,(H2,16,20). The van der Waals surface area contributed by atoms with Crippen molar-refractivity contribution in [1.29, 1.82) is 0 Å². The van der Waals surface area contributed by atoms with Gasteiger partial charge in [-0.3, -0.25) is 4.79 Å². The predicted octanol–water partition coefficient (Wildman–Crippen LogP) is 1.47. The van der Waals surface area contributed by atoms with Crippen LogP contribution in [0.1, 0.15) is 12.8 Å². The molecule has 20 heavy (non-hydrogen) atoms. The van der Waals surface area contributed by atoms with Gasteiger partial charge in [-0.2, -0.15) is 0 Å². The van der Waals surface area contributed by atoms with Gasteiger partial charge in [0, 0.05) is 18.5 Å². The molecule has 1 aromatic heterocycles. The highest BCUT2D eigenvalue weighted by atomic mass is 19.1. The van der Waals surface area contributed by atoms with Crippen LogP contribution in [0.25, 0.3) is 10.9 Å². The average molecular weight is 274 g/mol. The first kappa shape index (κ1) is 12.8. The molecule has 5 nitrogen and oxygen atoms in total. The van der Waals surface area contributed by atoms with Crippen LogP contribution in [0.2, 0.25) is 0 Å². The van der Waals surface area contributed by atoms with Crippen molar-refractivity contribution in [3.05, 3.63) is 30.3 Å². The quantitative estimate of drug-likeness (QED) is 0.900. The van der Waals surface area contributed by atoms with E-state index < -0.39 is 0 Å². The normalized spacial score (nSPS) is 19.2. The number of nitrogens with zero attached hydrogens (tertiary/aromatic N) is 3. The first-order valence-corrected chi connectivity index (χ1v) is 6.60. The third-order valence-corrected chi connectivity index (χ3v) is 3.72. The zero-order valence-corrected chi connectivity index (χ0v) is 10.9. The molecule has 1 aliphatic heterocycles. The molecular weight excluding hydrogens is 259 g/mol. The summed E-state index contributed by atoms with van der Waals surface area (Å²) in [5.41, 5.74) is 5.69. The molecule has 1 aliphatic rings.